The largest absolute Gasteiger partial charge is 0.493 e. The van der Waals surface area contributed by atoms with E-state index in [2.05, 4.69) is 5.32 Å². The van der Waals surface area contributed by atoms with Gasteiger partial charge in [-0.1, -0.05) is 36.4 Å². The Morgan fingerprint density at radius 2 is 1.81 bits per heavy atom. The van der Waals surface area contributed by atoms with Gasteiger partial charge >= 0.3 is 6.18 Å². The van der Waals surface area contributed by atoms with Crippen LogP contribution in [0.3, 0.4) is 0 Å². The number of nitrogens with one attached hydrogen (secondary N) is 1. The zero-order valence-electron chi connectivity index (χ0n) is 14.8. The molecule has 1 atom stereocenters. The Labute approximate surface area is 155 Å². The lowest BCUT2D eigenvalue weighted by atomic mass is 10.1. The molecule has 2 aromatic carbocycles. The van der Waals surface area contributed by atoms with Gasteiger partial charge in [-0.15, -0.1) is 0 Å². The minimum Gasteiger partial charge on any atom is -0.493 e. The Hall–Kier alpha value is -2.74. The molecule has 1 amide bonds. The van der Waals surface area contributed by atoms with Gasteiger partial charge in [-0.05, 0) is 29.7 Å². The number of nitrogens with two attached hydrogens (primary N) is 1. The van der Waals surface area contributed by atoms with Gasteiger partial charge in [0.2, 0.25) is 5.91 Å². The summed E-state index contributed by atoms with van der Waals surface area (Å²) >= 11 is 0. The highest BCUT2D eigenvalue weighted by atomic mass is 19.4. The maximum atomic E-state index is 12.3. The number of benzene rings is 2. The van der Waals surface area contributed by atoms with Crippen molar-refractivity contribution in [3.63, 3.8) is 0 Å². The molecule has 27 heavy (non-hydrogen) atoms. The summed E-state index contributed by atoms with van der Waals surface area (Å²) in [5.74, 6) is -0.194. The molecule has 0 bridgehead atoms. The highest BCUT2D eigenvalue weighted by Crippen LogP contribution is 2.29. The van der Waals surface area contributed by atoms with Crippen LogP contribution in [0.1, 0.15) is 11.1 Å². The summed E-state index contributed by atoms with van der Waals surface area (Å²) in [6.07, 6.45) is -4.03. The summed E-state index contributed by atoms with van der Waals surface area (Å²) in [6, 6.07) is 13.1. The van der Waals surface area contributed by atoms with Gasteiger partial charge in [0.1, 0.15) is 0 Å². The van der Waals surface area contributed by atoms with Crippen LogP contribution in [0.4, 0.5) is 13.2 Å². The Morgan fingerprint density at radius 1 is 1.11 bits per heavy atom. The van der Waals surface area contributed by atoms with Crippen molar-refractivity contribution in [1.29, 1.82) is 0 Å². The average molecular weight is 382 g/mol. The summed E-state index contributed by atoms with van der Waals surface area (Å²) in [7, 11) is 1.33. The monoisotopic (exact) mass is 382 g/mol. The Kier molecular flexibility index (Phi) is 7.06. The van der Waals surface area contributed by atoms with E-state index in [0.717, 1.165) is 5.56 Å². The molecule has 0 saturated carbocycles. The number of carbonyl (C=O) groups is 1. The summed E-state index contributed by atoms with van der Waals surface area (Å²) in [5.41, 5.74) is 7.51. The zero-order chi connectivity index (χ0) is 19.9. The van der Waals surface area contributed by atoms with Crippen molar-refractivity contribution in [2.75, 3.05) is 13.7 Å². The van der Waals surface area contributed by atoms with Crippen LogP contribution < -0.4 is 20.5 Å². The Bertz CT molecular complexity index is 752. The van der Waals surface area contributed by atoms with Crippen LogP contribution in [0, 0.1) is 0 Å². The number of alkyl halides is 3. The first kappa shape index (κ1) is 20.6. The molecule has 0 saturated heterocycles. The first-order valence-corrected chi connectivity index (χ1v) is 8.22. The second kappa shape index (κ2) is 9.27. The van der Waals surface area contributed by atoms with E-state index in [-0.39, 0.29) is 24.0 Å². The number of hydrogen-bond acceptors (Lipinski definition) is 4. The minimum atomic E-state index is -4.44. The molecule has 2 aromatic rings. The Morgan fingerprint density at radius 3 is 2.44 bits per heavy atom. The van der Waals surface area contributed by atoms with Crippen LogP contribution >= 0.6 is 0 Å². The van der Waals surface area contributed by atoms with Gasteiger partial charge in [0.25, 0.3) is 0 Å². The smallest absolute Gasteiger partial charge is 0.422 e. The molecule has 3 N–H and O–H groups in total. The first-order valence-electron chi connectivity index (χ1n) is 8.22. The van der Waals surface area contributed by atoms with Gasteiger partial charge in [-0.25, -0.2) is 0 Å². The van der Waals surface area contributed by atoms with E-state index in [0.29, 0.717) is 12.0 Å². The number of amides is 1. The summed E-state index contributed by atoms with van der Waals surface area (Å²) in [5, 5.41) is 2.71. The highest BCUT2D eigenvalue weighted by molar-refractivity contribution is 5.81. The molecule has 0 spiro atoms. The fourth-order valence-electron chi connectivity index (χ4n) is 2.38. The number of methoxy groups -OCH3 is 1. The normalized spacial score (nSPS) is 12.3. The van der Waals surface area contributed by atoms with Crippen molar-refractivity contribution in [3.05, 3.63) is 59.7 Å². The third-order valence-electron chi connectivity index (χ3n) is 3.72. The molecule has 8 heteroatoms. The fourth-order valence-corrected chi connectivity index (χ4v) is 2.38. The maximum Gasteiger partial charge on any atom is 0.422 e. The van der Waals surface area contributed by atoms with Gasteiger partial charge in [-0.2, -0.15) is 13.2 Å². The molecule has 146 valence electrons. The molecule has 0 unspecified atom stereocenters. The quantitative estimate of drug-likeness (QED) is 0.736. The molecule has 5 nitrogen and oxygen atoms in total. The molecule has 0 aliphatic heterocycles. The number of ether oxygens (including phenoxy) is 2. The summed E-state index contributed by atoms with van der Waals surface area (Å²) < 4.78 is 46.6. The molecule has 0 fully saturated rings. The predicted molar refractivity (Wildman–Crippen MR) is 94.5 cm³/mol. The average Bonchev–Trinajstić information content (AvgIpc) is 2.64. The lowest BCUT2D eigenvalue weighted by Crippen LogP contribution is -2.41. The SMILES string of the molecule is COc1cc(CNC(=O)[C@@H](N)Cc2ccccc2)ccc1OCC(F)(F)F. The van der Waals surface area contributed by atoms with Crippen molar-refractivity contribution in [2.24, 2.45) is 5.73 Å². The van der Waals surface area contributed by atoms with Crippen molar-refractivity contribution < 1.29 is 27.4 Å². The first-order chi connectivity index (χ1) is 12.8. The fraction of sp³-hybridized carbons (Fsp3) is 0.316. The van der Waals surface area contributed by atoms with Gasteiger partial charge in [0, 0.05) is 6.54 Å². The highest BCUT2D eigenvalue weighted by Gasteiger charge is 2.29. The van der Waals surface area contributed by atoms with Crippen LogP contribution in [0.5, 0.6) is 11.5 Å². The molecule has 0 aliphatic carbocycles. The molecular weight excluding hydrogens is 361 g/mol. The molecular formula is C19H21F3N2O3. The third kappa shape index (κ3) is 6.82. The van der Waals surface area contributed by atoms with E-state index in [1.165, 1.54) is 19.2 Å². The molecule has 0 heterocycles. The van der Waals surface area contributed by atoms with Crippen molar-refractivity contribution >= 4 is 5.91 Å². The molecule has 0 aromatic heterocycles. The summed E-state index contributed by atoms with van der Waals surface area (Å²) in [4.78, 5) is 12.1. The van der Waals surface area contributed by atoms with Crippen LogP contribution in [0.15, 0.2) is 48.5 Å². The van der Waals surface area contributed by atoms with Crippen LogP contribution in [0.2, 0.25) is 0 Å². The lowest BCUT2D eigenvalue weighted by molar-refractivity contribution is -0.153. The number of hydrogen-bond donors (Lipinski definition) is 2. The predicted octanol–water partition coefficient (Wildman–Crippen LogP) is 2.82. The van der Waals surface area contributed by atoms with E-state index in [4.69, 9.17) is 15.2 Å². The summed E-state index contributed by atoms with van der Waals surface area (Å²) in [6.45, 7) is -1.25. The van der Waals surface area contributed by atoms with E-state index < -0.39 is 18.8 Å². The number of halogens is 3. The number of carbonyl (C=O) groups excluding carboxylic acids is 1. The second-order valence-electron chi connectivity index (χ2n) is 5.90. The molecule has 0 radical (unpaired) electrons. The molecule has 2 rings (SSSR count). The van der Waals surface area contributed by atoms with Crippen molar-refractivity contribution in [3.8, 4) is 11.5 Å². The maximum absolute atomic E-state index is 12.3. The number of rotatable bonds is 8. The van der Waals surface area contributed by atoms with Gasteiger partial charge in [0.15, 0.2) is 18.1 Å². The van der Waals surface area contributed by atoms with Gasteiger partial charge in [-0.3, -0.25) is 4.79 Å². The zero-order valence-corrected chi connectivity index (χ0v) is 14.8. The minimum absolute atomic E-state index is 0.0225. The second-order valence-corrected chi connectivity index (χ2v) is 5.90. The van der Waals surface area contributed by atoms with E-state index in [1.807, 2.05) is 30.3 Å². The van der Waals surface area contributed by atoms with Gasteiger partial charge in [0.05, 0.1) is 13.2 Å². The van der Waals surface area contributed by atoms with E-state index in [1.54, 1.807) is 6.07 Å². The van der Waals surface area contributed by atoms with Gasteiger partial charge < -0.3 is 20.5 Å². The van der Waals surface area contributed by atoms with E-state index in [9.17, 15) is 18.0 Å². The van der Waals surface area contributed by atoms with Crippen LogP contribution in [-0.4, -0.2) is 31.8 Å². The third-order valence-corrected chi connectivity index (χ3v) is 3.72. The topological polar surface area (TPSA) is 73.6 Å². The van der Waals surface area contributed by atoms with E-state index >= 15 is 0 Å². The standard InChI is InChI=1S/C19H21F3N2O3/c1-26-17-10-14(7-8-16(17)27-12-19(20,21)22)11-24-18(25)15(23)9-13-5-3-2-4-6-13/h2-8,10,15H,9,11-12,23H2,1H3,(H,24,25)/t15-/m0/s1. The van der Waals surface area contributed by atoms with Crippen molar-refractivity contribution in [2.45, 2.75) is 25.2 Å². The Balaban J connectivity index is 1.92. The molecule has 0 aliphatic rings. The van der Waals surface area contributed by atoms with Crippen LogP contribution in [0.25, 0.3) is 0 Å². The van der Waals surface area contributed by atoms with Crippen molar-refractivity contribution in [1.82, 2.24) is 5.32 Å². The lowest BCUT2D eigenvalue weighted by Gasteiger charge is -2.15. The van der Waals surface area contributed by atoms with Crippen LogP contribution in [-0.2, 0) is 17.8 Å².